The Bertz CT molecular complexity index is 493. The van der Waals surface area contributed by atoms with Crippen molar-refractivity contribution >= 4 is 11.6 Å². The second kappa shape index (κ2) is 5.34. The largest absolute Gasteiger partial charge is 0.305 e. The maximum absolute atomic E-state index is 6.15. The fourth-order valence-electron chi connectivity index (χ4n) is 1.77. The summed E-state index contributed by atoms with van der Waals surface area (Å²) in [7, 11) is 1.94. The zero-order chi connectivity index (χ0) is 12.3. The topological polar surface area (TPSA) is 29.9 Å². The fraction of sp³-hybridized carbons (Fsp3) is 0.308. The van der Waals surface area contributed by atoms with Crippen LogP contribution in [0.1, 0.15) is 24.2 Å². The van der Waals surface area contributed by atoms with Crippen molar-refractivity contribution in [3.8, 4) is 0 Å². The molecule has 0 unspecified atom stereocenters. The Labute approximate surface area is 106 Å². The first kappa shape index (κ1) is 12.1. The fourth-order valence-corrected chi connectivity index (χ4v) is 2.07. The molecule has 1 aromatic heterocycles. The van der Waals surface area contributed by atoms with Crippen LogP contribution in [0.5, 0.6) is 0 Å². The molecular weight excluding hydrogens is 234 g/mol. The van der Waals surface area contributed by atoms with Crippen LogP contribution in [0, 0.1) is 0 Å². The van der Waals surface area contributed by atoms with Gasteiger partial charge >= 0.3 is 0 Å². The average molecular weight is 250 g/mol. The van der Waals surface area contributed by atoms with Gasteiger partial charge in [-0.1, -0.05) is 29.8 Å². The number of benzene rings is 1. The molecule has 2 aromatic rings. The summed E-state index contributed by atoms with van der Waals surface area (Å²) in [5.41, 5.74) is 2.28. The number of halogens is 1. The Hall–Kier alpha value is -1.32. The van der Waals surface area contributed by atoms with Crippen LogP contribution in [0.2, 0.25) is 5.02 Å². The molecule has 1 atom stereocenters. The highest BCUT2D eigenvalue weighted by atomic mass is 35.5. The van der Waals surface area contributed by atoms with E-state index in [1.54, 1.807) is 6.20 Å². The smallest absolute Gasteiger partial charge is 0.0518 e. The molecule has 0 saturated heterocycles. The van der Waals surface area contributed by atoms with Crippen LogP contribution in [0.3, 0.4) is 0 Å². The molecule has 0 amide bonds. The first-order valence-electron chi connectivity index (χ1n) is 5.63. The summed E-state index contributed by atoms with van der Waals surface area (Å²) >= 11 is 6.15. The average Bonchev–Trinajstić information content (AvgIpc) is 2.72. The number of aryl methyl sites for hydroxylation is 1. The predicted molar refractivity (Wildman–Crippen MR) is 69.9 cm³/mol. The van der Waals surface area contributed by atoms with Crippen LogP contribution >= 0.6 is 11.6 Å². The summed E-state index contributed by atoms with van der Waals surface area (Å²) in [6.45, 7) is 2.89. The summed E-state index contributed by atoms with van der Waals surface area (Å²) in [5, 5.41) is 8.38. The molecule has 4 heteroatoms. The van der Waals surface area contributed by atoms with Crippen molar-refractivity contribution in [1.29, 1.82) is 0 Å². The second-order valence-corrected chi connectivity index (χ2v) is 4.48. The lowest BCUT2D eigenvalue weighted by atomic mass is 10.1. The van der Waals surface area contributed by atoms with E-state index in [9.17, 15) is 0 Å². The number of rotatable bonds is 4. The molecule has 0 bridgehead atoms. The quantitative estimate of drug-likeness (QED) is 0.903. The van der Waals surface area contributed by atoms with Crippen LogP contribution in [-0.2, 0) is 13.6 Å². The van der Waals surface area contributed by atoms with E-state index in [4.69, 9.17) is 11.6 Å². The van der Waals surface area contributed by atoms with Crippen LogP contribution in [0.25, 0.3) is 0 Å². The van der Waals surface area contributed by atoms with Crippen molar-refractivity contribution in [2.45, 2.75) is 19.5 Å². The van der Waals surface area contributed by atoms with E-state index in [1.165, 1.54) is 0 Å². The molecule has 3 nitrogen and oxygen atoms in total. The van der Waals surface area contributed by atoms with Crippen LogP contribution in [-0.4, -0.2) is 9.78 Å². The zero-order valence-corrected chi connectivity index (χ0v) is 10.8. The Morgan fingerprint density at radius 3 is 2.76 bits per heavy atom. The minimum atomic E-state index is 0.221. The summed E-state index contributed by atoms with van der Waals surface area (Å²) in [5.74, 6) is 0. The molecule has 0 fully saturated rings. The van der Waals surface area contributed by atoms with E-state index >= 15 is 0 Å². The Morgan fingerprint density at radius 2 is 2.12 bits per heavy atom. The molecule has 1 N–H and O–H groups in total. The molecule has 2 rings (SSSR count). The highest BCUT2D eigenvalue weighted by molar-refractivity contribution is 6.31. The van der Waals surface area contributed by atoms with Crippen LogP contribution in [0.4, 0.5) is 0 Å². The van der Waals surface area contributed by atoms with Gasteiger partial charge in [0.05, 0.1) is 5.69 Å². The monoisotopic (exact) mass is 249 g/mol. The summed E-state index contributed by atoms with van der Waals surface area (Å²) in [6, 6.07) is 10.1. The SMILES string of the molecule is C[C@H](NCc1ccnn1C)c1ccccc1Cl. The zero-order valence-electron chi connectivity index (χ0n) is 10.0. The van der Waals surface area contributed by atoms with Gasteiger partial charge in [-0.3, -0.25) is 4.68 Å². The summed E-state index contributed by atoms with van der Waals surface area (Å²) in [6.07, 6.45) is 1.80. The molecule has 17 heavy (non-hydrogen) atoms. The van der Waals surface area contributed by atoms with Gasteiger partial charge in [-0.05, 0) is 24.6 Å². The normalized spacial score (nSPS) is 12.6. The molecule has 0 radical (unpaired) electrons. The molecule has 0 spiro atoms. The number of aromatic nitrogens is 2. The van der Waals surface area contributed by atoms with Crippen molar-refractivity contribution < 1.29 is 0 Å². The van der Waals surface area contributed by atoms with Crippen molar-refractivity contribution in [2.75, 3.05) is 0 Å². The minimum Gasteiger partial charge on any atom is -0.305 e. The van der Waals surface area contributed by atoms with E-state index in [0.29, 0.717) is 0 Å². The Morgan fingerprint density at radius 1 is 1.35 bits per heavy atom. The van der Waals surface area contributed by atoms with Gasteiger partial charge in [-0.25, -0.2) is 0 Å². The van der Waals surface area contributed by atoms with Crippen molar-refractivity contribution in [1.82, 2.24) is 15.1 Å². The van der Waals surface area contributed by atoms with Gasteiger partial charge in [0.2, 0.25) is 0 Å². The number of hydrogen-bond acceptors (Lipinski definition) is 2. The number of nitrogens with one attached hydrogen (secondary N) is 1. The van der Waals surface area contributed by atoms with Crippen molar-refractivity contribution in [3.05, 3.63) is 52.8 Å². The van der Waals surface area contributed by atoms with Gasteiger partial charge < -0.3 is 5.32 Å². The number of hydrogen-bond donors (Lipinski definition) is 1. The molecule has 0 aliphatic rings. The standard InChI is InChI=1S/C13H16ClN3/c1-10(12-5-3-4-6-13(12)14)15-9-11-7-8-16-17(11)2/h3-8,10,15H,9H2,1-2H3/t10-/m0/s1. The summed E-state index contributed by atoms with van der Waals surface area (Å²) in [4.78, 5) is 0. The van der Waals surface area contributed by atoms with E-state index in [2.05, 4.69) is 17.3 Å². The van der Waals surface area contributed by atoms with E-state index in [0.717, 1.165) is 22.8 Å². The van der Waals surface area contributed by atoms with Gasteiger partial charge in [0.1, 0.15) is 0 Å². The highest BCUT2D eigenvalue weighted by Crippen LogP contribution is 2.22. The minimum absolute atomic E-state index is 0.221. The molecule has 1 heterocycles. The van der Waals surface area contributed by atoms with Gasteiger partial charge in [-0.15, -0.1) is 0 Å². The van der Waals surface area contributed by atoms with Crippen LogP contribution in [0.15, 0.2) is 36.5 Å². The van der Waals surface area contributed by atoms with Gasteiger partial charge in [0.25, 0.3) is 0 Å². The Balaban J connectivity index is 2.01. The van der Waals surface area contributed by atoms with E-state index in [1.807, 2.05) is 42.1 Å². The lowest BCUT2D eigenvalue weighted by Gasteiger charge is -2.15. The third kappa shape index (κ3) is 2.87. The van der Waals surface area contributed by atoms with Gasteiger partial charge in [0.15, 0.2) is 0 Å². The summed E-state index contributed by atoms with van der Waals surface area (Å²) < 4.78 is 1.87. The maximum Gasteiger partial charge on any atom is 0.0518 e. The predicted octanol–water partition coefficient (Wildman–Crippen LogP) is 2.92. The van der Waals surface area contributed by atoms with Gasteiger partial charge in [0, 0.05) is 30.9 Å². The third-order valence-corrected chi connectivity index (χ3v) is 3.23. The van der Waals surface area contributed by atoms with Gasteiger partial charge in [-0.2, -0.15) is 5.10 Å². The molecule has 0 aliphatic heterocycles. The first-order valence-corrected chi connectivity index (χ1v) is 6.01. The van der Waals surface area contributed by atoms with Crippen molar-refractivity contribution in [3.63, 3.8) is 0 Å². The Kier molecular flexibility index (Phi) is 3.82. The van der Waals surface area contributed by atoms with Crippen molar-refractivity contribution in [2.24, 2.45) is 7.05 Å². The maximum atomic E-state index is 6.15. The molecular formula is C13H16ClN3. The second-order valence-electron chi connectivity index (χ2n) is 4.07. The number of nitrogens with zero attached hydrogens (tertiary/aromatic N) is 2. The van der Waals surface area contributed by atoms with E-state index < -0.39 is 0 Å². The highest BCUT2D eigenvalue weighted by Gasteiger charge is 2.09. The first-order chi connectivity index (χ1) is 8.18. The van der Waals surface area contributed by atoms with Crippen LogP contribution < -0.4 is 5.32 Å². The molecule has 0 saturated carbocycles. The molecule has 90 valence electrons. The van der Waals surface area contributed by atoms with E-state index in [-0.39, 0.29) is 6.04 Å². The third-order valence-electron chi connectivity index (χ3n) is 2.88. The lowest BCUT2D eigenvalue weighted by Crippen LogP contribution is -2.20. The molecule has 0 aliphatic carbocycles. The molecule has 1 aromatic carbocycles. The lowest BCUT2D eigenvalue weighted by molar-refractivity contribution is 0.548.